The van der Waals surface area contributed by atoms with Crippen molar-refractivity contribution in [1.29, 1.82) is 0 Å². The smallest absolute Gasteiger partial charge is 0.159 e. The molecule has 1 aromatic carbocycles. The van der Waals surface area contributed by atoms with Gasteiger partial charge in [-0.15, -0.1) is 0 Å². The second kappa shape index (κ2) is 9.42. The SMILES string of the molecule is FCCCC1CCC(c2ccc(-c3ncc(CCBr)cn3)cc2)CC1. The monoisotopic (exact) mass is 404 g/mol. The molecule has 25 heavy (non-hydrogen) atoms. The van der Waals surface area contributed by atoms with E-state index in [9.17, 15) is 4.39 Å². The molecule has 0 radical (unpaired) electrons. The molecule has 0 atom stereocenters. The van der Waals surface area contributed by atoms with E-state index in [0.29, 0.717) is 5.92 Å². The standard InChI is InChI=1S/C21H26BrFN2/c22-12-11-17-14-24-21(25-15-17)20-9-7-19(8-10-20)18-5-3-16(4-6-18)2-1-13-23/h7-10,14-16,18H,1-6,11-13H2. The van der Waals surface area contributed by atoms with Crippen molar-refractivity contribution in [2.45, 2.75) is 50.9 Å². The third-order valence-electron chi connectivity index (χ3n) is 5.32. The molecule has 0 spiro atoms. The number of halogens is 2. The Morgan fingerprint density at radius 1 is 1.00 bits per heavy atom. The molecule has 0 amide bonds. The first-order valence-electron chi connectivity index (χ1n) is 9.33. The van der Waals surface area contributed by atoms with E-state index < -0.39 is 0 Å². The molecule has 0 N–H and O–H groups in total. The highest BCUT2D eigenvalue weighted by molar-refractivity contribution is 9.09. The Morgan fingerprint density at radius 2 is 1.68 bits per heavy atom. The average molecular weight is 405 g/mol. The predicted octanol–water partition coefficient (Wildman–Crippen LogP) is 6.10. The molecule has 2 nitrogen and oxygen atoms in total. The Kier molecular flexibility index (Phi) is 6.97. The van der Waals surface area contributed by atoms with Crippen LogP contribution in [0.2, 0.25) is 0 Å². The Morgan fingerprint density at radius 3 is 2.28 bits per heavy atom. The molecule has 0 bridgehead atoms. The fourth-order valence-corrected chi connectivity index (χ4v) is 4.25. The van der Waals surface area contributed by atoms with Gasteiger partial charge in [0.2, 0.25) is 0 Å². The quantitative estimate of drug-likeness (QED) is 0.520. The Bertz CT molecular complexity index is 634. The van der Waals surface area contributed by atoms with Gasteiger partial charge in [0.15, 0.2) is 5.82 Å². The number of aryl methyl sites for hydroxylation is 1. The van der Waals surface area contributed by atoms with Crippen LogP contribution in [0.5, 0.6) is 0 Å². The predicted molar refractivity (Wildman–Crippen MR) is 105 cm³/mol. The summed E-state index contributed by atoms with van der Waals surface area (Å²) in [5.41, 5.74) is 3.65. The van der Waals surface area contributed by atoms with Crippen molar-refractivity contribution in [3.05, 3.63) is 47.8 Å². The molecule has 1 aliphatic carbocycles. The number of hydrogen-bond acceptors (Lipinski definition) is 2. The normalized spacial score (nSPS) is 20.6. The van der Waals surface area contributed by atoms with Gasteiger partial charge in [-0.05, 0) is 67.9 Å². The lowest BCUT2D eigenvalue weighted by molar-refractivity contribution is 0.293. The van der Waals surface area contributed by atoms with Gasteiger partial charge in [0, 0.05) is 23.3 Å². The highest BCUT2D eigenvalue weighted by Crippen LogP contribution is 2.37. The number of alkyl halides is 2. The number of nitrogens with zero attached hydrogens (tertiary/aromatic N) is 2. The molecule has 0 saturated heterocycles. The maximum atomic E-state index is 12.3. The minimum Gasteiger partial charge on any atom is -0.251 e. The molecule has 1 aromatic heterocycles. The van der Waals surface area contributed by atoms with E-state index in [2.05, 4.69) is 50.2 Å². The summed E-state index contributed by atoms with van der Waals surface area (Å²) >= 11 is 3.44. The third-order valence-corrected chi connectivity index (χ3v) is 5.72. The van der Waals surface area contributed by atoms with Crippen molar-refractivity contribution in [1.82, 2.24) is 9.97 Å². The van der Waals surface area contributed by atoms with E-state index in [1.165, 1.54) is 31.2 Å². The maximum absolute atomic E-state index is 12.3. The van der Waals surface area contributed by atoms with Crippen molar-refractivity contribution in [2.24, 2.45) is 5.92 Å². The van der Waals surface area contributed by atoms with Crippen molar-refractivity contribution >= 4 is 15.9 Å². The highest BCUT2D eigenvalue weighted by atomic mass is 79.9. The summed E-state index contributed by atoms with van der Waals surface area (Å²) in [5.74, 6) is 2.18. The average Bonchev–Trinajstić information content (AvgIpc) is 2.68. The van der Waals surface area contributed by atoms with Crippen LogP contribution in [0, 0.1) is 5.92 Å². The third kappa shape index (κ3) is 5.10. The van der Waals surface area contributed by atoms with Crippen LogP contribution in [0.1, 0.15) is 55.6 Å². The molecule has 1 heterocycles. The van der Waals surface area contributed by atoms with Gasteiger partial charge in [-0.3, -0.25) is 4.39 Å². The second-order valence-corrected chi connectivity index (χ2v) is 7.82. The van der Waals surface area contributed by atoms with Crippen LogP contribution >= 0.6 is 15.9 Å². The first kappa shape index (κ1) is 18.5. The second-order valence-electron chi connectivity index (χ2n) is 7.02. The summed E-state index contributed by atoms with van der Waals surface area (Å²) in [4.78, 5) is 8.97. The fraction of sp³-hybridized carbons (Fsp3) is 0.524. The summed E-state index contributed by atoms with van der Waals surface area (Å²) < 4.78 is 12.3. The number of rotatable bonds is 7. The van der Waals surface area contributed by atoms with Gasteiger partial charge < -0.3 is 0 Å². The van der Waals surface area contributed by atoms with E-state index in [-0.39, 0.29) is 6.67 Å². The van der Waals surface area contributed by atoms with Gasteiger partial charge in [-0.25, -0.2) is 9.97 Å². The first-order valence-corrected chi connectivity index (χ1v) is 10.5. The van der Waals surface area contributed by atoms with Crippen LogP contribution in [-0.4, -0.2) is 22.0 Å². The van der Waals surface area contributed by atoms with Crippen LogP contribution in [0.25, 0.3) is 11.4 Å². The highest BCUT2D eigenvalue weighted by Gasteiger charge is 2.22. The van der Waals surface area contributed by atoms with Crippen LogP contribution < -0.4 is 0 Å². The van der Waals surface area contributed by atoms with Crippen LogP contribution in [0.4, 0.5) is 4.39 Å². The molecule has 1 fully saturated rings. The van der Waals surface area contributed by atoms with Gasteiger partial charge in [0.25, 0.3) is 0 Å². The molecule has 0 unspecified atom stereocenters. The number of benzene rings is 1. The van der Waals surface area contributed by atoms with Crippen molar-refractivity contribution in [3.63, 3.8) is 0 Å². The van der Waals surface area contributed by atoms with Crippen molar-refractivity contribution in [2.75, 3.05) is 12.0 Å². The number of hydrogen-bond donors (Lipinski definition) is 0. The van der Waals surface area contributed by atoms with Gasteiger partial charge in [-0.1, -0.05) is 40.2 Å². The van der Waals surface area contributed by atoms with E-state index >= 15 is 0 Å². The van der Waals surface area contributed by atoms with Gasteiger partial charge >= 0.3 is 0 Å². The molecule has 134 valence electrons. The van der Waals surface area contributed by atoms with E-state index in [1.807, 2.05) is 12.4 Å². The molecule has 1 aliphatic rings. The van der Waals surface area contributed by atoms with Gasteiger partial charge in [-0.2, -0.15) is 0 Å². The van der Waals surface area contributed by atoms with Crippen LogP contribution in [0.15, 0.2) is 36.7 Å². The lowest BCUT2D eigenvalue weighted by Gasteiger charge is -2.28. The van der Waals surface area contributed by atoms with E-state index in [0.717, 1.165) is 47.5 Å². The van der Waals surface area contributed by atoms with E-state index in [1.54, 1.807) is 0 Å². The topological polar surface area (TPSA) is 25.8 Å². The summed E-state index contributed by atoms with van der Waals surface area (Å²) in [6.07, 6.45) is 11.5. The van der Waals surface area contributed by atoms with E-state index in [4.69, 9.17) is 0 Å². The zero-order valence-electron chi connectivity index (χ0n) is 14.6. The largest absolute Gasteiger partial charge is 0.251 e. The fourth-order valence-electron chi connectivity index (χ4n) is 3.80. The van der Waals surface area contributed by atoms with Gasteiger partial charge in [0.05, 0.1) is 6.67 Å². The lowest BCUT2D eigenvalue weighted by atomic mass is 9.77. The lowest BCUT2D eigenvalue weighted by Crippen LogP contribution is -2.13. The number of aromatic nitrogens is 2. The minimum atomic E-state index is -0.166. The zero-order valence-corrected chi connectivity index (χ0v) is 16.2. The Balaban J connectivity index is 1.59. The molecular formula is C21H26BrFN2. The summed E-state index contributed by atoms with van der Waals surface area (Å²) in [6, 6.07) is 8.75. The first-order chi connectivity index (χ1) is 12.3. The minimum absolute atomic E-state index is 0.166. The van der Waals surface area contributed by atoms with Crippen LogP contribution in [0.3, 0.4) is 0 Å². The summed E-state index contributed by atoms with van der Waals surface area (Å²) in [5, 5.41) is 0.931. The summed E-state index contributed by atoms with van der Waals surface area (Å²) in [6.45, 7) is -0.166. The Labute approximate surface area is 158 Å². The van der Waals surface area contributed by atoms with Crippen molar-refractivity contribution < 1.29 is 4.39 Å². The van der Waals surface area contributed by atoms with Gasteiger partial charge in [0.1, 0.15) is 0 Å². The Hall–Kier alpha value is -1.29. The molecule has 4 heteroatoms. The molecule has 2 aromatic rings. The molecular weight excluding hydrogens is 379 g/mol. The molecule has 1 saturated carbocycles. The molecule has 3 rings (SSSR count). The summed E-state index contributed by atoms with van der Waals surface area (Å²) in [7, 11) is 0. The van der Waals surface area contributed by atoms with Crippen molar-refractivity contribution in [3.8, 4) is 11.4 Å². The van der Waals surface area contributed by atoms with Crippen LogP contribution in [-0.2, 0) is 6.42 Å². The zero-order chi connectivity index (χ0) is 17.5. The maximum Gasteiger partial charge on any atom is 0.159 e. The molecule has 0 aliphatic heterocycles.